The van der Waals surface area contributed by atoms with Crippen LogP contribution in [0.15, 0.2) is 42.5 Å². The molecule has 0 spiro atoms. The van der Waals surface area contributed by atoms with Gasteiger partial charge in [0.05, 0.1) is 6.07 Å². The monoisotopic (exact) mass is 385 g/mol. The van der Waals surface area contributed by atoms with Crippen LogP contribution in [0.25, 0.3) is 11.1 Å². The number of carbonyl (C=O) groups excluding carboxylic acids is 1. The van der Waals surface area contributed by atoms with E-state index in [0.717, 1.165) is 13.0 Å². The van der Waals surface area contributed by atoms with E-state index in [2.05, 4.69) is 10.6 Å². The van der Waals surface area contributed by atoms with Crippen molar-refractivity contribution < 1.29 is 18.3 Å². The molecule has 0 aliphatic carbocycles. The summed E-state index contributed by atoms with van der Waals surface area (Å²) < 4.78 is 33.0. The first kappa shape index (κ1) is 19.9. The van der Waals surface area contributed by atoms with Gasteiger partial charge in [0.25, 0.3) is 5.91 Å². The molecule has 0 saturated carbocycles. The van der Waals surface area contributed by atoms with Crippen molar-refractivity contribution in [1.82, 2.24) is 10.6 Å². The number of nitrogens with one attached hydrogen (secondary N) is 2. The number of amides is 1. The highest BCUT2D eigenvalue weighted by atomic mass is 19.1. The zero-order valence-corrected chi connectivity index (χ0v) is 15.3. The fourth-order valence-electron chi connectivity index (χ4n) is 3.03. The SMILES string of the molecule is N#C[C@H](Cc1ccc(-c2ccc(F)cc2)cc1F)NC(=O)[C@@H]1CNCCCO1. The zero-order valence-electron chi connectivity index (χ0n) is 15.3. The molecule has 0 bridgehead atoms. The highest BCUT2D eigenvalue weighted by Gasteiger charge is 2.24. The molecule has 0 unspecified atom stereocenters. The Morgan fingerprint density at radius 2 is 2.00 bits per heavy atom. The maximum atomic E-state index is 14.5. The van der Waals surface area contributed by atoms with Gasteiger partial charge in [-0.15, -0.1) is 0 Å². The Balaban J connectivity index is 1.66. The molecule has 2 N–H and O–H groups in total. The molecule has 7 heteroatoms. The third kappa shape index (κ3) is 5.12. The Hall–Kier alpha value is -2.82. The Morgan fingerprint density at radius 1 is 1.25 bits per heavy atom. The predicted molar refractivity (Wildman–Crippen MR) is 100 cm³/mol. The molecule has 2 aromatic rings. The molecular formula is C21H21F2N3O2. The molecule has 2 aromatic carbocycles. The van der Waals surface area contributed by atoms with Gasteiger partial charge in [-0.05, 0) is 47.9 Å². The molecule has 2 atom stereocenters. The number of rotatable bonds is 5. The highest BCUT2D eigenvalue weighted by Crippen LogP contribution is 2.23. The number of ether oxygens (including phenoxy) is 1. The van der Waals surface area contributed by atoms with Crippen LogP contribution in [0.2, 0.25) is 0 Å². The number of carbonyl (C=O) groups is 1. The van der Waals surface area contributed by atoms with Crippen molar-refractivity contribution in [2.24, 2.45) is 0 Å². The first-order valence-corrected chi connectivity index (χ1v) is 9.13. The molecule has 28 heavy (non-hydrogen) atoms. The summed E-state index contributed by atoms with van der Waals surface area (Å²) in [6, 6.07) is 11.5. The van der Waals surface area contributed by atoms with Gasteiger partial charge in [-0.25, -0.2) is 8.78 Å². The minimum absolute atomic E-state index is 0.0396. The van der Waals surface area contributed by atoms with Gasteiger partial charge in [-0.2, -0.15) is 5.26 Å². The van der Waals surface area contributed by atoms with Crippen LogP contribution in [0.5, 0.6) is 0 Å². The first-order chi connectivity index (χ1) is 13.6. The summed E-state index contributed by atoms with van der Waals surface area (Å²) in [5, 5.41) is 15.1. The van der Waals surface area contributed by atoms with Crippen LogP contribution in [0, 0.1) is 23.0 Å². The number of hydrogen-bond donors (Lipinski definition) is 2. The normalized spacial score (nSPS) is 18.0. The van der Waals surface area contributed by atoms with Crippen molar-refractivity contribution >= 4 is 5.91 Å². The van der Waals surface area contributed by atoms with Crippen LogP contribution in [-0.4, -0.2) is 37.7 Å². The van der Waals surface area contributed by atoms with Gasteiger partial charge < -0.3 is 15.4 Å². The Labute approximate surface area is 162 Å². The molecule has 1 saturated heterocycles. The van der Waals surface area contributed by atoms with Gasteiger partial charge >= 0.3 is 0 Å². The van der Waals surface area contributed by atoms with E-state index in [0.29, 0.717) is 29.8 Å². The lowest BCUT2D eigenvalue weighted by atomic mass is 10.00. The molecule has 0 radical (unpaired) electrons. The highest BCUT2D eigenvalue weighted by molar-refractivity contribution is 5.81. The fourth-order valence-corrected chi connectivity index (χ4v) is 3.03. The summed E-state index contributed by atoms with van der Waals surface area (Å²) >= 11 is 0. The minimum Gasteiger partial charge on any atom is -0.367 e. The zero-order chi connectivity index (χ0) is 19.9. The topological polar surface area (TPSA) is 74.2 Å². The van der Waals surface area contributed by atoms with Crippen LogP contribution in [-0.2, 0) is 16.0 Å². The molecule has 146 valence electrons. The lowest BCUT2D eigenvalue weighted by Crippen LogP contribution is -2.46. The molecule has 1 amide bonds. The van der Waals surface area contributed by atoms with Crippen molar-refractivity contribution in [2.75, 3.05) is 19.7 Å². The summed E-state index contributed by atoms with van der Waals surface area (Å²) in [7, 11) is 0. The van der Waals surface area contributed by atoms with E-state index < -0.39 is 18.0 Å². The maximum absolute atomic E-state index is 14.5. The van der Waals surface area contributed by atoms with Gasteiger partial charge in [-0.1, -0.05) is 24.3 Å². The third-order valence-corrected chi connectivity index (χ3v) is 4.57. The van der Waals surface area contributed by atoms with Gasteiger partial charge in [0.15, 0.2) is 0 Å². The lowest BCUT2D eigenvalue weighted by molar-refractivity contribution is -0.132. The summed E-state index contributed by atoms with van der Waals surface area (Å²) in [4.78, 5) is 12.3. The summed E-state index contributed by atoms with van der Waals surface area (Å²) in [5.41, 5.74) is 1.62. The molecule has 3 rings (SSSR count). The predicted octanol–water partition coefficient (Wildman–Crippen LogP) is 2.56. The van der Waals surface area contributed by atoms with Crippen LogP contribution >= 0.6 is 0 Å². The van der Waals surface area contributed by atoms with E-state index >= 15 is 0 Å². The smallest absolute Gasteiger partial charge is 0.251 e. The molecule has 1 fully saturated rings. The number of halogens is 2. The Kier molecular flexibility index (Phi) is 6.69. The number of nitriles is 1. The molecule has 1 heterocycles. The van der Waals surface area contributed by atoms with E-state index in [4.69, 9.17) is 4.74 Å². The maximum Gasteiger partial charge on any atom is 0.251 e. The summed E-state index contributed by atoms with van der Waals surface area (Å²) in [5.74, 6) is -1.23. The number of nitrogens with zero attached hydrogens (tertiary/aromatic N) is 1. The largest absolute Gasteiger partial charge is 0.367 e. The van der Waals surface area contributed by atoms with Crippen molar-refractivity contribution in [3.8, 4) is 17.2 Å². The van der Waals surface area contributed by atoms with Crippen LogP contribution in [0.3, 0.4) is 0 Å². The molecular weight excluding hydrogens is 364 g/mol. The number of benzene rings is 2. The van der Waals surface area contributed by atoms with Crippen LogP contribution < -0.4 is 10.6 Å². The second-order valence-corrected chi connectivity index (χ2v) is 6.62. The first-order valence-electron chi connectivity index (χ1n) is 9.13. The van der Waals surface area contributed by atoms with Crippen molar-refractivity contribution in [3.05, 3.63) is 59.7 Å². The Morgan fingerprint density at radius 3 is 2.71 bits per heavy atom. The average Bonchev–Trinajstić information content (AvgIpc) is 2.99. The van der Waals surface area contributed by atoms with E-state index in [1.165, 1.54) is 18.2 Å². The fraction of sp³-hybridized carbons (Fsp3) is 0.333. The lowest BCUT2D eigenvalue weighted by Gasteiger charge is -2.18. The van der Waals surface area contributed by atoms with Crippen LogP contribution in [0.4, 0.5) is 8.78 Å². The van der Waals surface area contributed by atoms with E-state index in [1.54, 1.807) is 24.3 Å². The number of hydrogen-bond acceptors (Lipinski definition) is 4. The molecule has 0 aromatic heterocycles. The second kappa shape index (κ2) is 9.40. The second-order valence-electron chi connectivity index (χ2n) is 6.62. The van der Waals surface area contributed by atoms with Gasteiger partial charge in [0, 0.05) is 19.6 Å². The summed E-state index contributed by atoms with van der Waals surface area (Å²) in [6.45, 7) is 1.63. The third-order valence-electron chi connectivity index (χ3n) is 4.57. The van der Waals surface area contributed by atoms with Crippen molar-refractivity contribution in [3.63, 3.8) is 0 Å². The van der Waals surface area contributed by atoms with E-state index in [9.17, 15) is 18.8 Å². The van der Waals surface area contributed by atoms with Gasteiger partial charge in [0.2, 0.25) is 0 Å². The van der Waals surface area contributed by atoms with Crippen molar-refractivity contribution in [2.45, 2.75) is 25.0 Å². The quantitative estimate of drug-likeness (QED) is 0.830. The van der Waals surface area contributed by atoms with Crippen LogP contribution in [0.1, 0.15) is 12.0 Å². The van der Waals surface area contributed by atoms with E-state index in [-0.39, 0.29) is 18.1 Å². The summed E-state index contributed by atoms with van der Waals surface area (Å²) in [6.07, 6.45) is 0.193. The minimum atomic E-state index is -0.870. The van der Waals surface area contributed by atoms with E-state index in [1.807, 2.05) is 6.07 Å². The molecule has 1 aliphatic rings. The Bertz CT molecular complexity index is 857. The standard InChI is InChI=1S/C21H21F2N3O2/c22-17-6-4-14(5-7-17)15-2-3-16(19(23)11-15)10-18(12-24)26-21(27)20-13-25-8-1-9-28-20/h2-7,11,18,20,25H,1,8-10,13H2,(H,26,27)/t18-,20-/m0/s1. The average molecular weight is 385 g/mol. The molecule has 1 aliphatic heterocycles. The van der Waals surface area contributed by atoms with Crippen molar-refractivity contribution in [1.29, 1.82) is 5.26 Å². The molecule has 5 nitrogen and oxygen atoms in total. The van der Waals surface area contributed by atoms with Gasteiger partial charge in [0.1, 0.15) is 23.8 Å². The van der Waals surface area contributed by atoms with Gasteiger partial charge in [-0.3, -0.25) is 4.79 Å².